The molecule has 0 unspecified atom stereocenters. The Labute approximate surface area is 202 Å². The summed E-state index contributed by atoms with van der Waals surface area (Å²) in [5.41, 5.74) is 1.68. The first kappa shape index (κ1) is 22.5. The first-order valence-corrected chi connectivity index (χ1v) is 12.4. The predicted octanol–water partition coefficient (Wildman–Crippen LogP) is 4.81. The van der Waals surface area contributed by atoms with Crippen LogP contribution in [0.25, 0.3) is 17.1 Å². The zero-order valence-electron chi connectivity index (χ0n) is 19.6. The van der Waals surface area contributed by atoms with Crippen molar-refractivity contribution in [1.82, 2.24) is 24.9 Å². The number of carbonyl (C=O) groups excluding carboxylic acids is 1. The van der Waals surface area contributed by atoms with Crippen LogP contribution in [0.3, 0.4) is 0 Å². The number of rotatable bonds is 6. The van der Waals surface area contributed by atoms with Gasteiger partial charge in [-0.2, -0.15) is 0 Å². The van der Waals surface area contributed by atoms with Crippen LogP contribution in [-0.4, -0.2) is 57.0 Å². The number of hydrogen-bond acceptors (Lipinski definition) is 7. The van der Waals surface area contributed by atoms with E-state index in [1.807, 2.05) is 58.9 Å². The maximum absolute atomic E-state index is 13.6. The standard InChI is InChI=1S/C25H28N6O2S/c1-17-26-27-24(33-17)18-6-4-7-21(16-18)30-14-13-23(28-30)31(25(32)22-8-5-15-34-22)20-11-9-19(10-12-20)29(2)3/h4-8,13-16,19-20H,9-12H2,1-3H3/t19-,20-. The lowest BCUT2D eigenvalue weighted by Gasteiger charge is -2.37. The highest BCUT2D eigenvalue weighted by Crippen LogP contribution is 2.31. The van der Waals surface area contributed by atoms with Gasteiger partial charge in [0.25, 0.3) is 5.91 Å². The van der Waals surface area contributed by atoms with Gasteiger partial charge in [-0.3, -0.25) is 9.69 Å². The average Bonchev–Trinajstić information content (AvgIpc) is 3.62. The SMILES string of the molecule is Cc1nnc(-c2cccc(-n3ccc(N(C(=O)c4cccs4)[C@H]4CC[C@H](N(C)C)CC4)n3)c2)o1. The second-order valence-corrected chi connectivity index (χ2v) is 9.82. The van der Waals surface area contributed by atoms with Crippen LogP contribution in [0.15, 0.2) is 58.5 Å². The maximum atomic E-state index is 13.6. The summed E-state index contributed by atoms with van der Waals surface area (Å²) in [6.45, 7) is 1.77. The molecular formula is C25H28N6O2S. The highest BCUT2D eigenvalue weighted by molar-refractivity contribution is 7.12. The Morgan fingerprint density at radius 2 is 1.85 bits per heavy atom. The summed E-state index contributed by atoms with van der Waals surface area (Å²) in [7, 11) is 4.26. The Balaban J connectivity index is 1.44. The van der Waals surface area contributed by atoms with E-state index in [2.05, 4.69) is 29.2 Å². The molecule has 0 bridgehead atoms. The van der Waals surface area contributed by atoms with E-state index in [1.54, 1.807) is 11.6 Å². The highest BCUT2D eigenvalue weighted by atomic mass is 32.1. The van der Waals surface area contributed by atoms with E-state index in [1.165, 1.54) is 11.3 Å². The van der Waals surface area contributed by atoms with E-state index in [0.29, 0.717) is 23.6 Å². The largest absolute Gasteiger partial charge is 0.421 e. The van der Waals surface area contributed by atoms with Gasteiger partial charge in [0.05, 0.1) is 10.6 Å². The monoisotopic (exact) mass is 476 g/mol. The third kappa shape index (κ3) is 4.53. The fourth-order valence-electron chi connectivity index (χ4n) is 4.59. The molecule has 0 saturated heterocycles. The molecule has 8 nitrogen and oxygen atoms in total. The molecule has 1 amide bonds. The summed E-state index contributed by atoms with van der Waals surface area (Å²) in [6.07, 6.45) is 5.95. The quantitative estimate of drug-likeness (QED) is 0.397. The molecule has 4 aromatic rings. The maximum Gasteiger partial charge on any atom is 0.269 e. The third-order valence-corrected chi connectivity index (χ3v) is 7.28. The van der Waals surface area contributed by atoms with Crippen molar-refractivity contribution in [2.45, 2.75) is 44.7 Å². The molecule has 1 saturated carbocycles. The summed E-state index contributed by atoms with van der Waals surface area (Å²) in [5.74, 6) is 1.68. The molecule has 0 aliphatic heterocycles. The van der Waals surface area contributed by atoms with Crippen molar-refractivity contribution in [3.8, 4) is 17.1 Å². The number of anilines is 1. The Kier molecular flexibility index (Phi) is 6.30. The topological polar surface area (TPSA) is 80.3 Å². The van der Waals surface area contributed by atoms with Gasteiger partial charge >= 0.3 is 0 Å². The minimum Gasteiger partial charge on any atom is -0.421 e. The number of aromatic nitrogens is 4. The van der Waals surface area contributed by atoms with E-state index in [4.69, 9.17) is 9.52 Å². The van der Waals surface area contributed by atoms with Crippen molar-refractivity contribution in [3.05, 3.63) is 64.8 Å². The number of aryl methyl sites for hydroxylation is 1. The predicted molar refractivity (Wildman–Crippen MR) is 132 cm³/mol. The third-order valence-electron chi connectivity index (χ3n) is 6.42. The summed E-state index contributed by atoms with van der Waals surface area (Å²) < 4.78 is 7.37. The van der Waals surface area contributed by atoms with Crippen LogP contribution >= 0.6 is 11.3 Å². The molecule has 1 aliphatic rings. The van der Waals surface area contributed by atoms with Crippen molar-refractivity contribution in [1.29, 1.82) is 0 Å². The second kappa shape index (κ2) is 9.52. The van der Waals surface area contributed by atoms with E-state index >= 15 is 0 Å². The minimum absolute atomic E-state index is 0.0173. The molecule has 1 fully saturated rings. The summed E-state index contributed by atoms with van der Waals surface area (Å²) in [6, 6.07) is 14.2. The van der Waals surface area contributed by atoms with Crippen LogP contribution in [-0.2, 0) is 0 Å². The lowest BCUT2D eigenvalue weighted by molar-refractivity contribution is 0.0966. The average molecular weight is 477 g/mol. The molecule has 0 radical (unpaired) electrons. The Bertz CT molecular complexity index is 1250. The molecule has 3 aromatic heterocycles. The number of hydrogen-bond donors (Lipinski definition) is 0. The van der Waals surface area contributed by atoms with Crippen LogP contribution in [0.5, 0.6) is 0 Å². The normalized spacial score (nSPS) is 18.4. The smallest absolute Gasteiger partial charge is 0.269 e. The number of thiophene rings is 1. The number of amides is 1. The van der Waals surface area contributed by atoms with Gasteiger partial charge in [-0.1, -0.05) is 12.1 Å². The van der Waals surface area contributed by atoms with Gasteiger partial charge in [0.15, 0.2) is 5.82 Å². The lowest BCUT2D eigenvalue weighted by Crippen LogP contribution is -2.45. The van der Waals surface area contributed by atoms with Crippen molar-refractivity contribution >= 4 is 23.1 Å². The van der Waals surface area contributed by atoms with Gasteiger partial charge in [-0.15, -0.1) is 26.6 Å². The van der Waals surface area contributed by atoms with Crippen molar-refractivity contribution in [2.24, 2.45) is 0 Å². The second-order valence-electron chi connectivity index (χ2n) is 8.87. The molecule has 0 N–H and O–H groups in total. The van der Waals surface area contributed by atoms with Crippen LogP contribution in [0.1, 0.15) is 41.2 Å². The molecule has 176 valence electrons. The van der Waals surface area contributed by atoms with Crippen LogP contribution in [0.4, 0.5) is 5.82 Å². The first-order valence-electron chi connectivity index (χ1n) is 11.5. The molecule has 0 atom stereocenters. The van der Waals surface area contributed by atoms with E-state index in [9.17, 15) is 4.79 Å². The van der Waals surface area contributed by atoms with Gasteiger partial charge in [0.2, 0.25) is 11.8 Å². The number of benzene rings is 1. The fourth-order valence-corrected chi connectivity index (χ4v) is 5.25. The molecule has 3 heterocycles. The van der Waals surface area contributed by atoms with E-state index in [-0.39, 0.29) is 11.9 Å². The zero-order valence-corrected chi connectivity index (χ0v) is 20.4. The molecule has 1 aliphatic carbocycles. The van der Waals surface area contributed by atoms with Gasteiger partial charge in [0.1, 0.15) is 0 Å². The van der Waals surface area contributed by atoms with Crippen molar-refractivity contribution in [3.63, 3.8) is 0 Å². The van der Waals surface area contributed by atoms with Gasteiger partial charge in [-0.25, -0.2) is 4.68 Å². The van der Waals surface area contributed by atoms with E-state index in [0.717, 1.165) is 41.8 Å². The van der Waals surface area contributed by atoms with Crippen LogP contribution in [0, 0.1) is 6.92 Å². The lowest BCUT2D eigenvalue weighted by atomic mass is 9.89. The van der Waals surface area contributed by atoms with E-state index < -0.39 is 0 Å². The first-order chi connectivity index (χ1) is 16.5. The van der Waals surface area contributed by atoms with Gasteiger partial charge in [0, 0.05) is 36.8 Å². The molecule has 34 heavy (non-hydrogen) atoms. The number of nitrogens with zero attached hydrogens (tertiary/aromatic N) is 6. The van der Waals surface area contributed by atoms with Crippen molar-refractivity contribution in [2.75, 3.05) is 19.0 Å². The molecule has 5 rings (SSSR count). The summed E-state index contributed by atoms with van der Waals surface area (Å²) >= 11 is 1.47. The molecule has 1 aromatic carbocycles. The van der Waals surface area contributed by atoms with Gasteiger partial charge in [-0.05, 0) is 69.4 Å². The Hall–Kier alpha value is -3.30. The highest BCUT2D eigenvalue weighted by Gasteiger charge is 2.32. The zero-order chi connectivity index (χ0) is 23.7. The minimum atomic E-state index is 0.0173. The fraction of sp³-hybridized carbons (Fsp3) is 0.360. The van der Waals surface area contributed by atoms with Crippen LogP contribution < -0.4 is 4.90 Å². The number of carbonyl (C=O) groups is 1. The Morgan fingerprint density at radius 3 is 2.53 bits per heavy atom. The molecule has 0 spiro atoms. The summed E-state index contributed by atoms with van der Waals surface area (Å²) in [4.78, 5) is 18.5. The van der Waals surface area contributed by atoms with Crippen LogP contribution in [0.2, 0.25) is 0 Å². The van der Waals surface area contributed by atoms with Crippen molar-refractivity contribution < 1.29 is 9.21 Å². The Morgan fingerprint density at radius 1 is 1.06 bits per heavy atom. The molecular weight excluding hydrogens is 448 g/mol. The summed E-state index contributed by atoms with van der Waals surface area (Å²) in [5, 5.41) is 14.8. The van der Waals surface area contributed by atoms with Gasteiger partial charge < -0.3 is 9.32 Å². The molecule has 9 heteroatoms.